The van der Waals surface area contributed by atoms with Crippen molar-refractivity contribution in [1.29, 1.82) is 0 Å². The van der Waals surface area contributed by atoms with Gasteiger partial charge in [0.05, 0.1) is 0 Å². The largest absolute Gasteiger partial charge is 0.435 e. The highest BCUT2D eigenvalue weighted by Gasteiger charge is 2.05. The van der Waals surface area contributed by atoms with Crippen LogP contribution < -0.4 is 15.8 Å². The Labute approximate surface area is 121 Å². The van der Waals surface area contributed by atoms with E-state index in [0.717, 1.165) is 12.8 Å². The van der Waals surface area contributed by atoms with Gasteiger partial charge in [0.1, 0.15) is 23.2 Å². The number of halogens is 2. The lowest BCUT2D eigenvalue weighted by molar-refractivity contribution is -0.0498. The molecular formula is C14H16F2N4O. The lowest BCUT2D eigenvalue weighted by Crippen LogP contribution is -2.04. The monoisotopic (exact) mass is 294 g/mol. The fourth-order valence-electron chi connectivity index (χ4n) is 1.78. The predicted octanol–water partition coefficient (Wildman–Crippen LogP) is 3.36. The van der Waals surface area contributed by atoms with E-state index in [0.29, 0.717) is 23.1 Å². The van der Waals surface area contributed by atoms with Crippen LogP contribution >= 0.6 is 0 Å². The molecule has 0 bridgehead atoms. The van der Waals surface area contributed by atoms with Crippen molar-refractivity contribution in [2.75, 3.05) is 11.1 Å². The zero-order valence-corrected chi connectivity index (χ0v) is 11.5. The van der Waals surface area contributed by atoms with Crippen molar-refractivity contribution in [3.63, 3.8) is 0 Å². The molecule has 0 atom stereocenters. The van der Waals surface area contributed by atoms with Crippen LogP contribution in [0, 0.1) is 0 Å². The number of benzene rings is 1. The first kappa shape index (κ1) is 15.0. The van der Waals surface area contributed by atoms with E-state index in [1.807, 2.05) is 6.92 Å². The van der Waals surface area contributed by atoms with E-state index in [9.17, 15) is 8.78 Å². The van der Waals surface area contributed by atoms with Crippen LogP contribution in [0.3, 0.4) is 0 Å². The topological polar surface area (TPSA) is 73.1 Å². The second-order valence-electron chi connectivity index (χ2n) is 4.37. The van der Waals surface area contributed by atoms with Crippen molar-refractivity contribution in [1.82, 2.24) is 9.97 Å². The van der Waals surface area contributed by atoms with Gasteiger partial charge in [-0.2, -0.15) is 8.78 Å². The number of nitrogens with one attached hydrogen (secondary N) is 1. The smallest absolute Gasteiger partial charge is 0.387 e. The number of alkyl halides is 2. The Morgan fingerprint density at radius 2 is 1.95 bits per heavy atom. The minimum Gasteiger partial charge on any atom is -0.435 e. The molecule has 1 aromatic carbocycles. The van der Waals surface area contributed by atoms with Gasteiger partial charge in [-0.25, -0.2) is 9.97 Å². The van der Waals surface area contributed by atoms with Crippen LogP contribution in [-0.2, 0) is 6.42 Å². The first-order valence-electron chi connectivity index (χ1n) is 6.52. The molecule has 0 aliphatic rings. The normalized spacial score (nSPS) is 10.7. The highest BCUT2D eigenvalue weighted by molar-refractivity contribution is 5.59. The van der Waals surface area contributed by atoms with Gasteiger partial charge in [0.15, 0.2) is 0 Å². The minimum atomic E-state index is -2.83. The van der Waals surface area contributed by atoms with E-state index >= 15 is 0 Å². The molecule has 2 aromatic rings. The number of rotatable bonds is 6. The van der Waals surface area contributed by atoms with Gasteiger partial charge < -0.3 is 15.8 Å². The molecule has 0 saturated carbocycles. The standard InChI is InChI=1S/C14H16F2N4O/c1-2-3-12-19-11(17)8-13(20-12)18-9-4-6-10(7-5-9)21-14(15)16/h4-8,14H,2-3H2,1H3,(H3,17,18,19,20). The third-order valence-electron chi connectivity index (χ3n) is 2.62. The number of anilines is 3. The summed E-state index contributed by atoms with van der Waals surface area (Å²) in [5.74, 6) is 1.71. The predicted molar refractivity (Wildman–Crippen MR) is 76.8 cm³/mol. The van der Waals surface area contributed by atoms with Crippen LogP contribution in [-0.4, -0.2) is 16.6 Å². The summed E-state index contributed by atoms with van der Waals surface area (Å²) >= 11 is 0. The lowest BCUT2D eigenvalue weighted by Gasteiger charge is -2.09. The van der Waals surface area contributed by atoms with E-state index in [-0.39, 0.29) is 5.75 Å². The van der Waals surface area contributed by atoms with Gasteiger partial charge >= 0.3 is 6.61 Å². The Hall–Kier alpha value is -2.44. The highest BCUT2D eigenvalue weighted by atomic mass is 19.3. The third kappa shape index (κ3) is 4.55. The summed E-state index contributed by atoms with van der Waals surface area (Å²) in [4.78, 5) is 8.47. The summed E-state index contributed by atoms with van der Waals surface area (Å²) in [7, 11) is 0. The average molecular weight is 294 g/mol. The summed E-state index contributed by atoms with van der Waals surface area (Å²) in [5, 5.41) is 3.05. The number of nitrogen functional groups attached to an aromatic ring is 1. The quantitative estimate of drug-likeness (QED) is 0.854. The SMILES string of the molecule is CCCc1nc(N)cc(Nc2ccc(OC(F)F)cc2)n1. The maximum absolute atomic E-state index is 12.1. The van der Waals surface area contributed by atoms with Crippen LogP contribution in [0.15, 0.2) is 30.3 Å². The Bertz CT molecular complexity index is 590. The highest BCUT2D eigenvalue weighted by Crippen LogP contribution is 2.21. The third-order valence-corrected chi connectivity index (χ3v) is 2.62. The van der Waals surface area contributed by atoms with E-state index in [2.05, 4.69) is 20.0 Å². The number of hydrogen-bond acceptors (Lipinski definition) is 5. The van der Waals surface area contributed by atoms with Gasteiger partial charge in [-0.1, -0.05) is 6.92 Å². The number of aryl methyl sites for hydroxylation is 1. The summed E-state index contributed by atoms with van der Waals surface area (Å²) < 4.78 is 28.4. The molecule has 1 aromatic heterocycles. The Kier molecular flexibility index (Phi) is 4.86. The number of nitrogens with zero attached hydrogens (tertiary/aromatic N) is 2. The molecule has 0 fully saturated rings. The minimum absolute atomic E-state index is 0.101. The van der Waals surface area contributed by atoms with Crippen LogP contribution in [0.25, 0.3) is 0 Å². The van der Waals surface area contributed by atoms with Crippen LogP contribution in [0.1, 0.15) is 19.2 Å². The summed E-state index contributed by atoms with van der Waals surface area (Å²) in [6, 6.07) is 7.76. The van der Waals surface area contributed by atoms with Crippen molar-refractivity contribution in [2.24, 2.45) is 0 Å². The van der Waals surface area contributed by atoms with E-state index in [4.69, 9.17) is 5.73 Å². The van der Waals surface area contributed by atoms with Gasteiger partial charge in [0.2, 0.25) is 0 Å². The first-order chi connectivity index (χ1) is 10.1. The number of nitrogens with two attached hydrogens (primary N) is 1. The second-order valence-corrected chi connectivity index (χ2v) is 4.37. The number of hydrogen-bond donors (Lipinski definition) is 2. The zero-order valence-electron chi connectivity index (χ0n) is 11.5. The number of aromatic nitrogens is 2. The van der Waals surface area contributed by atoms with Crippen molar-refractivity contribution >= 4 is 17.3 Å². The molecule has 0 amide bonds. The van der Waals surface area contributed by atoms with E-state index in [1.54, 1.807) is 18.2 Å². The summed E-state index contributed by atoms with van der Waals surface area (Å²) in [5.41, 5.74) is 6.42. The molecule has 0 aliphatic carbocycles. The van der Waals surface area contributed by atoms with Gasteiger partial charge in [0, 0.05) is 18.2 Å². The molecule has 2 rings (SSSR count). The molecule has 7 heteroatoms. The average Bonchev–Trinajstić information content (AvgIpc) is 2.40. The Morgan fingerprint density at radius 3 is 2.57 bits per heavy atom. The van der Waals surface area contributed by atoms with Gasteiger partial charge in [-0.3, -0.25) is 0 Å². The summed E-state index contributed by atoms with van der Waals surface area (Å²) in [6.45, 7) is -0.802. The fourth-order valence-corrected chi connectivity index (χ4v) is 1.78. The van der Waals surface area contributed by atoms with Crippen LogP contribution in [0.5, 0.6) is 5.75 Å². The van der Waals surface area contributed by atoms with Crippen molar-refractivity contribution in [3.05, 3.63) is 36.2 Å². The van der Waals surface area contributed by atoms with Crippen LogP contribution in [0.4, 0.5) is 26.1 Å². The molecule has 0 spiro atoms. The maximum Gasteiger partial charge on any atom is 0.387 e. The molecular weight excluding hydrogens is 278 g/mol. The molecule has 21 heavy (non-hydrogen) atoms. The fraction of sp³-hybridized carbons (Fsp3) is 0.286. The van der Waals surface area contributed by atoms with Gasteiger partial charge in [-0.15, -0.1) is 0 Å². The molecule has 0 aliphatic heterocycles. The van der Waals surface area contributed by atoms with Crippen molar-refractivity contribution < 1.29 is 13.5 Å². The van der Waals surface area contributed by atoms with Gasteiger partial charge in [-0.05, 0) is 30.7 Å². The zero-order chi connectivity index (χ0) is 15.2. The molecule has 3 N–H and O–H groups in total. The molecule has 0 saturated heterocycles. The van der Waals surface area contributed by atoms with E-state index in [1.165, 1.54) is 12.1 Å². The van der Waals surface area contributed by atoms with Gasteiger partial charge in [0.25, 0.3) is 0 Å². The maximum atomic E-state index is 12.1. The summed E-state index contributed by atoms with van der Waals surface area (Å²) in [6.07, 6.45) is 1.66. The molecule has 1 heterocycles. The number of ether oxygens (including phenoxy) is 1. The van der Waals surface area contributed by atoms with Crippen molar-refractivity contribution in [2.45, 2.75) is 26.4 Å². The van der Waals surface area contributed by atoms with Crippen LogP contribution in [0.2, 0.25) is 0 Å². The Morgan fingerprint density at radius 1 is 1.24 bits per heavy atom. The first-order valence-corrected chi connectivity index (χ1v) is 6.52. The molecule has 112 valence electrons. The van der Waals surface area contributed by atoms with Crippen molar-refractivity contribution in [3.8, 4) is 5.75 Å². The lowest BCUT2D eigenvalue weighted by atomic mass is 10.3. The molecule has 0 radical (unpaired) electrons. The Balaban J connectivity index is 2.10. The van der Waals surface area contributed by atoms with E-state index < -0.39 is 6.61 Å². The second kappa shape index (κ2) is 6.83. The molecule has 5 nitrogen and oxygen atoms in total. The molecule has 0 unspecified atom stereocenters.